The number of rotatable bonds is 41. The lowest BCUT2D eigenvalue weighted by molar-refractivity contribution is -0.901. The number of hydrogen-bond acceptors (Lipinski definition) is 6. The normalized spacial score (nSPS) is 13.5. The van der Waals surface area contributed by atoms with Crippen LogP contribution in [-0.2, 0) is 19.1 Å². The number of carbonyl (C=O) groups excluding carboxylic acids is 2. The van der Waals surface area contributed by atoms with Crippen molar-refractivity contribution in [2.45, 2.75) is 206 Å². The van der Waals surface area contributed by atoms with Gasteiger partial charge in [-0.3, -0.25) is 9.59 Å². The molecule has 0 heterocycles. The first-order valence-corrected chi connectivity index (χ1v) is 23.5. The maximum Gasteiger partial charge on any atom is 0.306 e. The molecule has 0 rings (SSSR count). The summed E-state index contributed by atoms with van der Waals surface area (Å²) in [5, 5.41) is 19.5. The van der Waals surface area contributed by atoms with Gasteiger partial charge < -0.3 is 28.7 Å². The van der Waals surface area contributed by atoms with Crippen LogP contribution < -0.4 is 0 Å². The number of aliphatic hydroxyl groups is 2. The smallest absolute Gasteiger partial charge is 0.306 e. The number of quaternary nitrogens is 2. The van der Waals surface area contributed by atoms with Gasteiger partial charge in [0.05, 0.1) is 41.4 Å². The largest absolute Gasteiger partial charge is 0.452 e. The van der Waals surface area contributed by atoms with Crippen molar-refractivity contribution in [2.24, 2.45) is 0 Å². The van der Waals surface area contributed by atoms with Gasteiger partial charge in [0.2, 0.25) is 0 Å². The molecule has 2 unspecified atom stereocenters. The van der Waals surface area contributed by atoms with Gasteiger partial charge in [0.1, 0.15) is 26.2 Å². The van der Waals surface area contributed by atoms with E-state index in [0.29, 0.717) is 48.0 Å². The molecule has 0 spiro atoms. The zero-order valence-corrected chi connectivity index (χ0v) is 37.9. The van der Waals surface area contributed by atoms with E-state index >= 15 is 0 Å². The number of carbonyl (C=O) groups is 2. The Morgan fingerprint density at radius 2 is 0.714 bits per heavy atom. The molecule has 0 saturated heterocycles. The average Bonchev–Trinajstić information content (AvgIpc) is 3.14. The fraction of sp³-hybridized carbons (Fsp3) is 0.875. The van der Waals surface area contributed by atoms with Crippen LogP contribution in [0.4, 0.5) is 0 Å². The molecule has 0 saturated carbocycles. The summed E-state index contributed by atoms with van der Waals surface area (Å²) >= 11 is 0. The van der Waals surface area contributed by atoms with Crippen LogP contribution in [0.3, 0.4) is 0 Å². The predicted molar refractivity (Wildman–Crippen MR) is 237 cm³/mol. The van der Waals surface area contributed by atoms with Gasteiger partial charge in [-0.15, -0.1) is 0 Å². The van der Waals surface area contributed by atoms with Crippen molar-refractivity contribution in [2.75, 3.05) is 67.6 Å². The minimum absolute atomic E-state index is 0.00852. The third-order valence-corrected chi connectivity index (χ3v) is 11.0. The lowest BCUT2D eigenvalue weighted by Crippen LogP contribution is -2.57. The zero-order valence-electron chi connectivity index (χ0n) is 37.9. The minimum atomic E-state index is -0.652. The van der Waals surface area contributed by atoms with E-state index in [2.05, 4.69) is 38.2 Å². The summed E-state index contributed by atoms with van der Waals surface area (Å²) in [5.41, 5.74) is 0. The number of aliphatic hydroxyl groups excluding tert-OH is 2. The summed E-state index contributed by atoms with van der Waals surface area (Å²) in [6, 6.07) is 0. The summed E-state index contributed by atoms with van der Waals surface area (Å²) in [6.07, 6.45) is 39.9. The van der Waals surface area contributed by atoms with Crippen molar-refractivity contribution >= 4 is 11.9 Å². The Kier molecular flexibility index (Phi) is 36.4. The molecule has 330 valence electrons. The molecular formula is C48H94N2O6+2. The first-order valence-electron chi connectivity index (χ1n) is 23.5. The van der Waals surface area contributed by atoms with Crippen LogP contribution in [-0.4, -0.2) is 111 Å². The molecule has 0 fully saturated rings. The van der Waals surface area contributed by atoms with E-state index < -0.39 is 12.2 Å². The number of hydrogen-bond donors (Lipinski definition) is 2. The van der Waals surface area contributed by atoms with Gasteiger partial charge in [-0.25, -0.2) is 0 Å². The van der Waals surface area contributed by atoms with Crippen LogP contribution in [0.5, 0.6) is 0 Å². The minimum Gasteiger partial charge on any atom is -0.452 e. The van der Waals surface area contributed by atoms with Gasteiger partial charge in [0.25, 0.3) is 0 Å². The molecule has 2 atom stereocenters. The molecule has 0 aliphatic carbocycles. The molecular weight excluding hydrogens is 701 g/mol. The quantitative estimate of drug-likeness (QED) is 0.0277. The van der Waals surface area contributed by atoms with Crippen molar-refractivity contribution in [1.29, 1.82) is 0 Å². The summed E-state index contributed by atoms with van der Waals surface area (Å²) in [5.74, 6) is -0.523. The zero-order chi connectivity index (χ0) is 41.6. The lowest BCUT2D eigenvalue weighted by atomic mass is 10.1. The highest BCUT2D eigenvalue weighted by Gasteiger charge is 2.38. The van der Waals surface area contributed by atoms with Gasteiger partial charge in [-0.2, -0.15) is 0 Å². The van der Waals surface area contributed by atoms with Crippen molar-refractivity contribution in [3.63, 3.8) is 0 Å². The topological polar surface area (TPSA) is 93.1 Å². The first kappa shape index (κ1) is 54.3. The third-order valence-electron chi connectivity index (χ3n) is 11.0. The Morgan fingerprint density at radius 1 is 0.446 bits per heavy atom. The van der Waals surface area contributed by atoms with Crippen molar-refractivity contribution < 1.29 is 38.2 Å². The van der Waals surface area contributed by atoms with E-state index in [9.17, 15) is 19.8 Å². The number of allylic oxidation sites excluding steroid dienone is 4. The number of esters is 2. The van der Waals surface area contributed by atoms with Crippen molar-refractivity contribution in [3.05, 3.63) is 24.3 Å². The number of likely N-dealkylation sites (N-methyl/N-ethyl adjacent to an activating group) is 2. The summed E-state index contributed by atoms with van der Waals surface area (Å²) in [7, 11) is 8.00. The van der Waals surface area contributed by atoms with E-state index in [4.69, 9.17) is 9.47 Å². The SMILES string of the molecule is CCCCCCCCC=CCCCCCCCC(=O)OC(C[N+](C)(C)CCO)C(C[N+](C)(C)CCO)OC(=O)CCCCCCCC=CCCCCCCCC. The van der Waals surface area contributed by atoms with Crippen LogP contribution in [0.25, 0.3) is 0 Å². The molecule has 2 N–H and O–H groups in total. The van der Waals surface area contributed by atoms with Crippen LogP contribution in [0, 0.1) is 0 Å². The molecule has 0 aliphatic heterocycles. The van der Waals surface area contributed by atoms with E-state index in [0.717, 1.165) is 51.4 Å². The molecule has 8 nitrogen and oxygen atoms in total. The Balaban J connectivity index is 4.87. The maximum absolute atomic E-state index is 13.3. The second-order valence-electron chi connectivity index (χ2n) is 17.9. The highest BCUT2D eigenvalue weighted by Crippen LogP contribution is 2.19. The van der Waals surface area contributed by atoms with Gasteiger partial charge in [0, 0.05) is 12.8 Å². The number of unbranched alkanes of at least 4 members (excludes halogenated alkanes) is 22. The molecule has 0 amide bonds. The molecule has 0 aromatic carbocycles. The Morgan fingerprint density at radius 3 is 1.00 bits per heavy atom. The highest BCUT2D eigenvalue weighted by molar-refractivity contribution is 5.70. The highest BCUT2D eigenvalue weighted by atomic mass is 16.6. The molecule has 56 heavy (non-hydrogen) atoms. The van der Waals surface area contributed by atoms with Crippen LogP contribution in [0.2, 0.25) is 0 Å². The standard InChI is InChI=1S/C48H94N2O6/c1-7-9-11-13-15-17-19-21-23-25-27-29-31-33-35-37-47(53)55-45(43-49(3,4)39-41-51)46(44-50(5,6)40-42-52)56-48(54)38-36-34-32-30-28-26-24-22-20-18-16-14-12-10-8-2/h21-24,45-46,51-52H,7-20,25-44H2,1-6H3/q+2. The maximum atomic E-state index is 13.3. The molecule has 0 bridgehead atoms. The van der Waals surface area contributed by atoms with Gasteiger partial charge in [-0.05, 0) is 64.2 Å². The summed E-state index contributed by atoms with van der Waals surface area (Å²) in [4.78, 5) is 26.5. The van der Waals surface area contributed by atoms with E-state index in [1.54, 1.807) is 0 Å². The van der Waals surface area contributed by atoms with Gasteiger partial charge in [-0.1, -0.05) is 141 Å². The lowest BCUT2D eigenvalue weighted by Gasteiger charge is -2.38. The molecule has 0 aromatic rings. The second-order valence-corrected chi connectivity index (χ2v) is 17.9. The van der Waals surface area contributed by atoms with Crippen molar-refractivity contribution in [1.82, 2.24) is 0 Å². The average molecular weight is 795 g/mol. The van der Waals surface area contributed by atoms with Gasteiger partial charge in [0.15, 0.2) is 12.2 Å². The van der Waals surface area contributed by atoms with E-state index in [1.165, 1.54) is 116 Å². The Labute approximate surface area is 347 Å². The first-order chi connectivity index (χ1) is 27.0. The van der Waals surface area contributed by atoms with Crippen molar-refractivity contribution in [3.8, 4) is 0 Å². The molecule has 0 aromatic heterocycles. The fourth-order valence-corrected chi connectivity index (χ4v) is 7.30. The number of ether oxygens (including phenoxy) is 2. The number of nitrogens with zero attached hydrogens (tertiary/aromatic N) is 2. The second kappa shape index (κ2) is 37.5. The summed E-state index contributed by atoms with van der Waals surface area (Å²) < 4.78 is 13.2. The van der Waals surface area contributed by atoms with Crippen LogP contribution >= 0.6 is 0 Å². The van der Waals surface area contributed by atoms with E-state index in [-0.39, 0.29) is 25.2 Å². The predicted octanol–water partition coefficient (Wildman–Crippen LogP) is 11.0. The summed E-state index contributed by atoms with van der Waals surface area (Å²) in [6.45, 7) is 6.36. The molecule has 8 heteroatoms. The third kappa shape index (κ3) is 35.4. The molecule has 0 aliphatic rings. The van der Waals surface area contributed by atoms with Crippen LogP contribution in [0.1, 0.15) is 194 Å². The Bertz CT molecular complexity index is 889. The van der Waals surface area contributed by atoms with Crippen LogP contribution in [0.15, 0.2) is 24.3 Å². The Hall–Kier alpha value is -1.74. The monoisotopic (exact) mass is 795 g/mol. The van der Waals surface area contributed by atoms with E-state index in [1.807, 2.05) is 28.2 Å². The van der Waals surface area contributed by atoms with Gasteiger partial charge >= 0.3 is 11.9 Å². The fourth-order valence-electron chi connectivity index (χ4n) is 7.30. The molecule has 0 radical (unpaired) electrons.